The van der Waals surface area contributed by atoms with E-state index in [-0.39, 0.29) is 0 Å². The molecule has 0 bridgehead atoms. The highest BCUT2D eigenvalue weighted by Crippen LogP contribution is 2.18. The molecule has 0 radical (unpaired) electrons. The van der Waals surface area contributed by atoms with Crippen LogP contribution in [0.3, 0.4) is 0 Å². The summed E-state index contributed by atoms with van der Waals surface area (Å²) in [5, 5.41) is 3.10. The van der Waals surface area contributed by atoms with Crippen LogP contribution in [0, 0.1) is 5.95 Å². The van der Waals surface area contributed by atoms with E-state index in [0.717, 1.165) is 13.0 Å². The Kier molecular flexibility index (Phi) is 4.23. The number of anilines is 1. The van der Waals surface area contributed by atoms with E-state index in [4.69, 9.17) is 0 Å². The number of nitrogens with one attached hydrogen (secondary N) is 1. The van der Waals surface area contributed by atoms with Crippen molar-refractivity contribution in [2.75, 3.05) is 11.9 Å². The Bertz CT molecular complexity index is 487. The molecular formula is C14H16FN3. The van der Waals surface area contributed by atoms with Gasteiger partial charge in [-0.3, -0.25) is 0 Å². The molecule has 2 aromatic rings. The fourth-order valence-corrected chi connectivity index (χ4v) is 1.80. The van der Waals surface area contributed by atoms with Crippen molar-refractivity contribution in [3.8, 4) is 0 Å². The van der Waals surface area contributed by atoms with Gasteiger partial charge in [-0.2, -0.15) is 4.39 Å². The summed E-state index contributed by atoms with van der Waals surface area (Å²) in [5.74, 6) is 0.483. The molecule has 1 heterocycles. The molecule has 1 aromatic carbocycles. The van der Waals surface area contributed by atoms with Gasteiger partial charge < -0.3 is 5.32 Å². The standard InChI is InChI=1S/C14H16FN3/c1-11(12-5-3-2-4-6-12)7-8-16-14-9-13(15)17-10-18-14/h2-6,9-11H,7-8H2,1H3,(H,16,17,18). The number of rotatable bonds is 5. The number of benzene rings is 1. The fourth-order valence-electron chi connectivity index (χ4n) is 1.80. The molecule has 0 aliphatic heterocycles. The van der Waals surface area contributed by atoms with Gasteiger partial charge in [-0.25, -0.2) is 9.97 Å². The van der Waals surface area contributed by atoms with Crippen LogP contribution < -0.4 is 5.32 Å². The molecular weight excluding hydrogens is 229 g/mol. The summed E-state index contributed by atoms with van der Waals surface area (Å²) in [6.45, 7) is 2.93. The molecule has 2 rings (SSSR count). The summed E-state index contributed by atoms with van der Waals surface area (Å²) in [5.41, 5.74) is 1.31. The number of nitrogens with zero attached hydrogens (tertiary/aromatic N) is 2. The lowest BCUT2D eigenvalue weighted by Gasteiger charge is -2.12. The molecule has 0 aliphatic carbocycles. The smallest absolute Gasteiger partial charge is 0.217 e. The number of aromatic nitrogens is 2. The maximum atomic E-state index is 12.8. The molecule has 1 aromatic heterocycles. The van der Waals surface area contributed by atoms with E-state index >= 15 is 0 Å². The maximum Gasteiger partial charge on any atom is 0.217 e. The average Bonchev–Trinajstić information content (AvgIpc) is 2.40. The van der Waals surface area contributed by atoms with E-state index in [0.29, 0.717) is 11.7 Å². The molecule has 3 nitrogen and oxygen atoms in total. The zero-order valence-corrected chi connectivity index (χ0v) is 10.3. The summed E-state index contributed by atoms with van der Waals surface area (Å²) in [6, 6.07) is 11.6. The lowest BCUT2D eigenvalue weighted by Crippen LogP contribution is -2.07. The molecule has 94 valence electrons. The van der Waals surface area contributed by atoms with Gasteiger partial charge in [0.05, 0.1) is 0 Å². The first-order valence-corrected chi connectivity index (χ1v) is 6.02. The Hall–Kier alpha value is -1.97. The first kappa shape index (κ1) is 12.5. The third-order valence-corrected chi connectivity index (χ3v) is 2.89. The minimum absolute atomic E-state index is 0.463. The zero-order chi connectivity index (χ0) is 12.8. The van der Waals surface area contributed by atoms with Gasteiger partial charge in [0.25, 0.3) is 0 Å². The van der Waals surface area contributed by atoms with Crippen molar-refractivity contribution >= 4 is 5.82 Å². The monoisotopic (exact) mass is 245 g/mol. The Labute approximate surface area is 106 Å². The van der Waals surface area contributed by atoms with Crippen molar-refractivity contribution in [2.45, 2.75) is 19.3 Å². The molecule has 0 aliphatic rings. The van der Waals surface area contributed by atoms with Crippen molar-refractivity contribution in [3.63, 3.8) is 0 Å². The zero-order valence-electron chi connectivity index (χ0n) is 10.3. The largest absolute Gasteiger partial charge is 0.370 e. The molecule has 0 amide bonds. The first-order valence-electron chi connectivity index (χ1n) is 6.02. The van der Waals surface area contributed by atoms with Crippen molar-refractivity contribution < 1.29 is 4.39 Å². The topological polar surface area (TPSA) is 37.8 Å². The van der Waals surface area contributed by atoms with Crippen molar-refractivity contribution in [1.29, 1.82) is 0 Å². The highest BCUT2D eigenvalue weighted by atomic mass is 19.1. The number of hydrogen-bond acceptors (Lipinski definition) is 3. The molecule has 0 saturated carbocycles. The molecule has 18 heavy (non-hydrogen) atoms. The first-order chi connectivity index (χ1) is 8.75. The minimum atomic E-state index is -0.511. The van der Waals surface area contributed by atoms with Gasteiger partial charge in [-0.05, 0) is 17.9 Å². The summed E-state index contributed by atoms with van der Waals surface area (Å²) < 4.78 is 12.8. The van der Waals surface area contributed by atoms with Crippen LogP contribution in [0.4, 0.5) is 10.2 Å². The molecule has 1 N–H and O–H groups in total. The van der Waals surface area contributed by atoms with E-state index in [9.17, 15) is 4.39 Å². The summed E-state index contributed by atoms with van der Waals surface area (Å²) >= 11 is 0. The predicted octanol–water partition coefficient (Wildman–Crippen LogP) is 3.22. The predicted molar refractivity (Wildman–Crippen MR) is 70.0 cm³/mol. The maximum absolute atomic E-state index is 12.8. The van der Waals surface area contributed by atoms with Crippen LogP contribution in [0.25, 0.3) is 0 Å². The van der Waals surface area contributed by atoms with Crippen molar-refractivity contribution in [3.05, 3.63) is 54.2 Å². The van der Waals surface area contributed by atoms with Crippen molar-refractivity contribution in [2.24, 2.45) is 0 Å². The van der Waals surface area contributed by atoms with Crippen LogP contribution in [-0.2, 0) is 0 Å². The third kappa shape index (κ3) is 3.52. The van der Waals surface area contributed by atoms with Crippen LogP contribution in [0.5, 0.6) is 0 Å². The van der Waals surface area contributed by atoms with Gasteiger partial charge in [0, 0.05) is 12.6 Å². The lowest BCUT2D eigenvalue weighted by atomic mass is 9.98. The Morgan fingerprint density at radius 1 is 1.22 bits per heavy atom. The molecule has 4 heteroatoms. The minimum Gasteiger partial charge on any atom is -0.370 e. The number of hydrogen-bond donors (Lipinski definition) is 1. The van der Waals surface area contributed by atoms with Crippen LogP contribution >= 0.6 is 0 Å². The Balaban J connectivity index is 1.82. The van der Waals surface area contributed by atoms with Crippen molar-refractivity contribution in [1.82, 2.24) is 9.97 Å². The Morgan fingerprint density at radius 2 is 2.00 bits per heavy atom. The quantitative estimate of drug-likeness (QED) is 0.822. The summed E-state index contributed by atoms with van der Waals surface area (Å²) in [4.78, 5) is 7.36. The van der Waals surface area contributed by atoms with Crippen LogP contribution in [-0.4, -0.2) is 16.5 Å². The fraction of sp³-hybridized carbons (Fsp3) is 0.286. The molecule has 0 spiro atoms. The van der Waals surface area contributed by atoms with E-state index in [1.165, 1.54) is 18.0 Å². The second kappa shape index (κ2) is 6.10. The molecule has 0 fully saturated rings. The third-order valence-electron chi connectivity index (χ3n) is 2.89. The van der Waals surface area contributed by atoms with Gasteiger partial charge >= 0.3 is 0 Å². The van der Waals surface area contributed by atoms with Crippen LogP contribution in [0.1, 0.15) is 24.8 Å². The molecule has 1 atom stereocenters. The van der Waals surface area contributed by atoms with Gasteiger partial charge in [-0.1, -0.05) is 37.3 Å². The van der Waals surface area contributed by atoms with Gasteiger partial charge in [0.15, 0.2) is 0 Å². The van der Waals surface area contributed by atoms with E-state index in [2.05, 4.69) is 34.3 Å². The van der Waals surface area contributed by atoms with E-state index in [1.807, 2.05) is 18.2 Å². The van der Waals surface area contributed by atoms with Crippen LogP contribution in [0.2, 0.25) is 0 Å². The normalized spacial score (nSPS) is 12.1. The second-order valence-corrected chi connectivity index (χ2v) is 4.25. The molecule has 1 unspecified atom stereocenters. The summed E-state index contributed by atoms with van der Waals surface area (Å²) in [6.07, 6.45) is 2.19. The Morgan fingerprint density at radius 3 is 2.72 bits per heavy atom. The highest BCUT2D eigenvalue weighted by molar-refractivity contribution is 5.32. The number of halogens is 1. The van der Waals surface area contributed by atoms with Gasteiger partial charge in [0.2, 0.25) is 5.95 Å². The van der Waals surface area contributed by atoms with Gasteiger partial charge in [-0.15, -0.1) is 0 Å². The second-order valence-electron chi connectivity index (χ2n) is 4.25. The van der Waals surface area contributed by atoms with E-state index in [1.54, 1.807) is 0 Å². The highest BCUT2D eigenvalue weighted by Gasteiger charge is 2.04. The van der Waals surface area contributed by atoms with Crippen LogP contribution in [0.15, 0.2) is 42.7 Å². The summed E-state index contributed by atoms with van der Waals surface area (Å²) in [7, 11) is 0. The van der Waals surface area contributed by atoms with Gasteiger partial charge in [0.1, 0.15) is 12.1 Å². The van der Waals surface area contributed by atoms with E-state index < -0.39 is 5.95 Å². The average molecular weight is 245 g/mol. The molecule has 0 saturated heterocycles. The SMILES string of the molecule is CC(CCNc1cc(F)ncn1)c1ccccc1. The lowest BCUT2D eigenvalue weighted by molar-refractivity contribution is 0.580.